The van der Waals surface area contributed by atoms with E-state index in [1.807, 2.05) is 13.8 Å². The maximum absolute atomic E-state index is 11.6. The van der Waals surface area contributed by atoms with E-state index in [-0.39, 0.29) is 0 Å². The first-order chi connectivity index (χ1) is 4.68. The van der Waals surface area contributed by atoms with Gasteiger partial charge in [-0.15, -0.1) is 0 Å². The van der Waals surface area contributed by atoms with Gasteiger partial charge in [-0.2, -0.15) is 0 Å². The smallest absolute Gasteiger partial charge is 0.103 e. The van der Waals surface area contributed by atoms with Crippen LogP contribution in [0.15, 0.2) is 0 Å². The fourth-order valence-electron chi connectivity index (χ4n) is 1.10. The summed E-state index contributed by atoms with van der Waals surface area (Å²) in [5.41, 5.74) is -0.615. The van der Waals surface area contributed by atoms with Crippen molar-refractivity contribution in [2.75, 3.05) is 0 Å². The Labute approximate surface area is 64.5 Å². The third kappa shape index (κ3) is 3.21. The van der Waals surface area contributed by atoms with Gasteiger partial charge in [-0.05, 0) is 19.3 Å². The van der Waals surface area contributed by atoms with Crippen molar-refractivity contribution in [2.45, 2.75) is 58.5 Å². The molecule has 1 radical (unpaired) electrons. The molecule has 0 unspecified atom stereocenters. The fourth-order valence-corrected chi connectivity index (χ4v) is 1.10. The lowest BCUT2D eigenvalue weighted by atomic mass is 9.91. The van der Waals surface area contributed by atoms with E-state index >= 15 is 0 Å². The topological polar surface area (TPSA) is 19.9 Å². The number of rotatable bonds is 5. The Morgan fingerprint density at radius 3 is 1.90 bits per heavy atom. The first kappa shape index (κ1) is 9.96. The molecule has 0 rings (SSSR count). The lowest BCUT2D eigenvalue weighted by molar-refractivity contribution is -0.0446. The van der Waals surface area contributed by atoms with Gasteiger partial charge in [-0.25, -0.2) is 5.11 Å². The molecule has 0 N–H and O–H groups in total. The molecular weight excluding hydrogens is 124 g/mol. The van der Waals surface area contributed by atoms with Gasteiger partial charge in [0.15, 0.2) is 0 Å². The van der Waals surface area contributed by atoms with Gasteiger partial charge in [0.05, 0.1) is 0 Å². The van der Waals surface area contributed by atoms with E-state index in [0.717, 1.165) is 32.1 Å². The molecule has 1 nitrogen and oxygen atoms in total. The summed E-state index contributed by atoms with van der Waals surface area (Å²) in [6.07, 6.45) is 4.65. The third-order valence-electron chi connectivity index (χ3n) is 2.27. The molecule has 0 aliphatic carbocycles. The molecule has 0 heterocycles. The van der Waals surface area contributed by atoms with Gasteiger partial charge in [0.1, 0.15) is 5.60 Å². The van der Waals surface area contributed by atoms with Crippen LogP contribution < -0.4 is 0 Å². The summed E-state index contributed by atoms with van der Waals surface area (Å²) in [4.78, 5) is 0. The number of hydrogen-bond donors (Lipinski definition) is 0. The van der Waals surface area contributed by atoms with Gasteiger partial charge in [0, 0.05) is 0 Å². The summed E-state index contributed by atoms with van der Waals surface area (Å²) >= 11 is 0. The first-order valence-electron chi connectivity index (χ1n) is 4.39. The van der Waals surface area contributed by atoms with E-state index in [1.165, 1.54) is 0 Å². The Balaban J connectivity index is 3.58. The molecule has 0 aromatic rings. The first-order valence-corrected chi connectivity index (χ1v) is 4.39. The summed E-state index contributed by atoms with van der Waals surface area (Å²) in [5, 5.41) is 11.6. The molecule has 0 amide bonds. The van der Waals surface area contributed by atoms with Crippen molar-refractivity contribution in [3.63, 3.8) is 0 Å². The van der Waals surface area contributed by atoms with Crippen molar-refractivity contribution in [1.29, 1.82) is 0 Å². The lowest BCUT2D eigenvalue weighted by Gasteiger charge is -2.21. The van der Waals surface area contributed by atoms with Crippen molar-refractivity contribution in [3.8, 4) is 0 Å². The molecule has 0 saturated carbocycles. The van der Waals surface area contributed by atoms with Crippen LogP contribution in [0.5, 0.6) is 0 Å². The Kier molecular flexibility index (Phi) is 4.71. The molecule has 0 spiro atoms. The molecule has 10 heavy (non-hydrogen) atoms. The van der Waals surface area contributed by atoms with E-state index < -0.39 is 5.60 Å². The summed E-state index contributed by atoms with van der Waals surface area (Å²) in [5.74, 6) is 0. The lowest BCUT2D eigenvalue weighted by Crippen LogP contribution is -2.24. The van der Waals surface area contributed by atoms with Gasteiger partial charge in [-0.3, -0.25) is 0 Å². The largest absolute Gasteiger partial charge is 0.230 e. The maximum Gasteiger partial charge on any atom is 0.103 e. The molecule has 0 aromatic carbocycles. The van der Waals surface area contributed by atoms with E-state index in [4.69, 9.17) is 0 Å². The van der Waals surface area contributed by atoms with E-state index in [9.17, 15) is 5.11 Å². The summed E-state index contributed by atoms with van der Waals surface area (Å²) < 4.78 is 0. The second-order valence-corrected chi connectivity index (χ2v) is 2.99. The van der Waals surface area contributed by atoms with Crippen molar-refractivity contribution < 1.29 is 5.11 Å². The second-order valence-electron chi connectivity index (χ2n) is 2.99. The highest BCUT2D eigenvalue weighted by molar-refractivity contribution is 4.73. The average Bonchev–Trinajstić information content (AvgIpc) is 2.00. The van der Waals surface area contributed by atoms with Crippen LogP contribution in [-0.2, 0) is 5.11 Å². The molecule has 0 fully saturated rings. The van der Waals surface area contributed by atoms with E-state index in [1.54, 1.807) is 0 Å². The van der Waals surface area contributed by atoms with Gasteiger partial charge in [-0.1, -0.05) is 33.6 Å². The highest BCUT2D eigenvalue weighted by atomic mass is 16.3. The molecule has 0 atom stereocenters. The van der Waals surface area contributed by atoms with E-state index in [2.05, 4.69) is 6.92 Å². The van der Waals surface area contributed by atoms with Gasteiger partial charge in [0.25, 0.3) is 0 Å². The van der Waals surface area contributed by atoms with Gasteiger partial charge < -0.3 is 0 Å². The van der Waals surface area contributed by atoms with Crippen molar-refractivity contribution in [3.05, 3.63) is 0 Å². The Bertz CT molecular complexity index is 74.8. The maximum atomic E-state index is 11.6. The predicted octanol–water partition coefficient (Wildman–Crippen LogP) is 3.17. The quantitative estimate of drug-likeness (QED) is 0.563. The van der Waals surface area contributed by atoms with Crippen LogP contribution in [0.3, 0.4) is 0 Å². The normalized spacial score (nSPS) is 12.0. The summed E-state index contributed by atoms with van der Waals surface area (Å²) in [6, 6.07) is 0. The van der Waals surface area contributed by atoms with Crippen LogP contribution in [0.2, 0.25) is 0 Å². The minimum Gasteiger partial charge on any atom is -0.230 e. The van der Waals surface area contributed by atoms with Crippen LogP contribution in [0, 0.1) is 0 Å². The predicted molar refractivity (Wildman–Crippen MR) is 43.5 cm³/mol. The molecule has 0 aliphatic heterocycles. The Morgan fingerprint density at radius 2 is 1.60 bits per heavy atom. The molecule has 0 bridgehead atoms. The molecule has 61 valence electrons. The Morgan fingerprint density at radius 1 is 1.10 bits per heavy atom. The SMILES string of the molecule is CCCCC([O])(CC)CC. The number of hydrogen-bond acceptors (Lipinski definition) is 0. The second kappa shape index (κ2) is 4.73. The number of unbranched alkanes of at least 4 members (excludes halogenated alkanes) is 1. The molecule has 0 saturated heterocycles. The van der Waals surface area contributed by atoms with Crippen molar-refractivity contribution in [1.82, 2.24) is 0 Å². The monoisotopic (exact) mass is 143 g/mol. The molecular formula is C9H19O. The van der Waals surface area contributed by atoms with Crippen LogP contribution >= 0.6 is 0 Å². The third-order valence-corrected chi connectivity index (χ3v) is 2.27. The van der Waals surface area contributed by atoms with E-state index in [0.29, 0.717) is 0 Å². The van der Waals surface area contributed by atoms with Crippen molar-refractivity contribution >= 4 is 0 Å². The van der Waals surface area contributed by atoms with Crippen LogP contribution in [0.25, 0.3) is 0 Å². The standard InChI is InChI=1S/C9H19O/c1-4-7-8-9(10,5-2)6-3/h4-8H2,1-3H3. The summed E-state index contributed by atoms with van der Waals surface area (Å²) in [7, 11) is 0. The fraction of sp³-hybridized carbons (Fsp3) is 1.00. The summed E-state index contributed by atoms with van der Waals surface area (Å²) in [6.45, 7) is 6.12. The van der Waals surface area contributed by atoms with Crippen LogP contribution in [0.4, 0.5) is 0 Å². The molecule has 1 heteroatoms. The zero-order valence-electron chi connectivity index (χ0n) is 7.44. The minimum absolute atomic E-state index is 0.615. The van der Waals surface area contributed by atoms with Gasteiger partial charge in [0.2, 0.25) is 0 Å². The zero-order valence-corrected chi connectivity index (χ0v) is 7.44. The van der Waals surface area contributed by atoms with Gasteiger partial charge >= 0.3 is 0 Å². The van der Waals surface area contributed by atoms with Crippen molar-refractivity contribution in [2.24, 2.45) is 0 Å². The highest BCUT2D eigenvalue weighted by Crippen LogP contribution is 2.22. The molecule has 0 aromatic heterocycles. The molecule has 0 aliphatic rings. The Hall–Kier alpha value is -0.0400. The average molecular weight is 143 g/mol. The van der Waals surface area contributed by atoms with Crippen LogP contribution in [-0.4, -0.2) is 5.60 Å². The highest BCUT2D eigenvalue weighted by Gasteiger charge is 2.22. The van der Waals surface area contributed by atoms with Crippen LogP contribution in [0.1, 0.15) is 52.9 Å². The minimum atomic E-state index is -0.615. The zero-order chi connectivity index (χ0) is 8.04.